The van der Waals surface area contributed by atoms with E-state index in [0.29, 0.717) is 13.1 Å². The zero-order chi connectivity index (χ0) is 19.3. The molecule has 1 spiro atoms. The summed E-state index contributed by atoms with van der Waals surface area (Å²) in [7, 11) is 1.64. The molecular weight excluding hydrogens is 372 g/mol. The van der Waals surface area contributed by atoms with Gasteiger partial charge in [-0.25, -0.2) is 0 Å². The highest BCUT2D eigenvalue weighted by atomic mass is 32.2. The number of hydrogen-bond acceptors (Lipinski definition) is 4. The fourth-order valence-electron chi connectivity index (χ4n) is 4.25. The standard InChI is InChI=1S/C22H22N2O3S/c1-27-17-6-4-5-15(13-17)14-23-19-8-3-2-7-18(19)22(21(23)26)24(11-12-28-22)20(25)16-9-10-16/h2-8,13,16H,9-12,14H2,1H3/t22-/m0/s1. The number of methoxy groups -OCH3 is 1. The first-order valence-corrected chi connectivity index (χ1v) is 10.6. The fourth-order valence-corrected chi connectivity index (χ4v) is 5.72. The van der Waals surface area contributed by atoms with Crippen LogP contribution in [0.2, 0.25) is 0 Å². The Bertz CT molecular complexity index is 958. The molecule has 0 N–H and O–H groups in total. The molecule has 0 radical (unpaired) electrons. The van der Waals surface area contributed by atoms with Crippen molar-refractivity contribution in [3.8, 4) is 5.75 Å². The van der Waals surface area contributed by atoms with Crippen molar-refractivity contribution in [3.63, 3.8) is 0 Å². The topological polar surface area (TPSA) is 49.9 Å². The van der Waals surface area contributed by atoms with E-state index in [4.69, 9.17) is 4.74 Å². The summed E-state index contributed by atoms with van der Waals surface area (Å²) in [6.07, 6.45) is 1.89. The molecule has 3 aliphatic rings. The smallest absolute Gasteiger partial charge is 0.268 e. The minimum atomic E-state index is -0.908. The predicted octanol–water partition coefficient (Wildman–Crippen LogP) is 3.38. The summed E-state index contributed by atoms with van der Waals surface area (Å²) in [6, 6.07) is 15.7. The maximum Gasteiger partial charge on any atom is 0.268 e. The summed E-state index contributed by atoms with van der Waals surface area (Å²) in [6.45, 7) is 1.09. The van der Waals surface area contributed by atoms with Crippen LogP contribution in [0.25, 0.3) is 0 Å². The second kappa shape index (κ2) is 6.55. The number of carbonyl (C=O) groups is 2. The third kappa shape index (κ3) is 2.54. The number of thioether (sulfide) groups is 1. The van der Waals surface area contributed by atoms with Gasteiger partial charge in [0.2, 0.25) is 5.91 Å². The van der Waals surface area contributed by atoms with Crippen molar-refractivity contribution >= 4 is 29.3 Å². The van der Waals surface area contributed by atoms with Gasteiger partial charge in [-0.1, -0.05) is 30.3 Å². The molecule has 2 aromatic carbocycles. The van der Waals surface area contributed by atoms with E-state index in [1.54, 1.807) is 18.9 Å². The van der Waals surface area contributed by atoms with Gasteiger partial charge in [-0.3, -0.25) is 9.59 Å². The van der Waals surface area contributed by atoms with Gasteiger partial charge >= 0.3 is 0 Å². The molecule has 0 unspecified atom stereocenters. The van der Waals surface area contributed by atoms with Crippen molar-refractivity contribution in [2.45, 2.75) is 24.3 Å². The molecule has 2 aliphatic heterocycles. The number of hydrogen-bond donors (Lipinski definition) is 0. The number of carbonyl (C=O) groups excluding carboxylic acids is 2. The van der Waals surface area contributed by atoms with Crippen LogP contribution in [0.3, 0.4) is 0 Å². The zero-order valence-corrected chi connectivity index (χ0v) is 16.6. The Labute approximate surface area is 168 Å². The summed E-state index contributed by atoms with van der Waals surface area (Å²) in [5.41, 5.74) is 2.85. The van der Waals surface area contributed by atoms with Crippen LogP contribution in [0.5, 0.6) is 5.75 Å². The molecule has 28 heavy (non-hydrogen) atoms. The van der Waals surface area contributed by atoms with E-state index in [0.717, 1.165) is 41.2 Å². The molecule has 5 rings (SSSR count). The minimum absolute atomic E-state index is 0.00646. The average molecular weight is 394 g/mol. The van der Waals surface area contributed by atoms with Crippen LogP contribution < -0.4 is 9.64 Å². The number of anilines is 1. The Balaban J connectivity index is 1.55. The molecule has 0 aromatic heterocycles. The maximum atomic E-state index is 13.8. The molecule has 1 saturated carbocycles. The van der Waals surface area contributed by atoms with Crippen molar-refractivity contribution in [2.24, 2.45) is 5.92 Å². The lowest BCUT2D eigenvalue weighted by Crippen LogP contribution is -2.50. The average Bonchev–Trinajstić information content (AvgIpc) is 3.45. The van der Waals surface area contributed by atoms with Crippen LogP contribution >= 0.6 is 11.8 Å². The van der Waals surface area contributed by atoms with Gasteiger partial charge in [-0.05, 0) is 36.6 Å². The Morgan fingerprint density at radius 3 is 2.82 bits per heavy atom. The van der Waals surface area contributed by atoms with E-state index in [2.05, 4.69) is 0 Å². The molecule has 2 fully saturated rings. The molecule has 2 aromatic rings. The minimum Gasteiger partial charge on any atom is -0.497 e. The van der Waals surface area contributed by atoms with Crippen molar-refractivity contribution in [3.05, 3.63) is 59.7 Å². The van der Waals surface area contributed by atoms with E-state index in [1.807, 2.05) is 58.3 Å². The summed E-state index contributed by atoms with van der Waals surface area (Å²) in [5, 5.41) is 0. The second-order valence-electron chi connectivity index (χ2n) is 7.52. The summed E-state index contributed by atoms with van der Waals surface area (Å²) in [4.78, 5) is 29.6. The maximum absolute atomic E-state index is 13.8. The monoisotopic (exact) mass is 394 g/mol. The first-order valence-electron chi connectivity index (χ1n) is 9.65. The third-order valence-corrected chi connectivity index (χ3v) is 7.19. The predicted molar refractivity (Wildman–Crippen MR) is 109 cm³/mol. The quantitative estimate of drug-likeness (QED) is 0.798. The molecule has 1 aliphatic carbocycles. The molecule has 2 heterocycles. The van der Waals surface area contributed by atoms with Crippen LogP contribution in [0.1, 0.15) is 24.0 Å². The number of amides is 2. The molecule has 0 bridgehead atoms. The Kier molecular flexibility index (Phi) is 4.12. The largest absolute Gasteiger partial charge is 0.497 e. The van der Waals surface area contributed by atoms with E-state index in [1.165, 1.54) is 0 Å². The Morgan fingerprint density at radius 1 is 1.21 bits per heavy atom. The van der Waals surface area contributed by atoms with Crippen LogP contribution in [0.4, 0.5) is 5.69 Å². The van der Waals surface area contributed by atoms with Crippen LogP contribution in [-0.2, 0) is 21.0 Å². The Morgan fingerprint density at radius 2 is 2.04 bits per heavy atom. The van der Waals surface area contributed by atoms with E-state index in [9.17, 15) is 9.59 Å². The molecule has 144 valence electrons. The number of nitrogens with zero attached hydrogens (tertiary/aromatic N) is 2. The van der Waals surface area contributed by atoms with Gasteiger partial charge in [0.05, 0.1) is 19.3 Å². The Hall–Kier alpha value is -2.47. The number of para-hydroxylation sites is 1. The number of benzene rings is 2. The van der Waals surface area contributed by atoms with Gasteiger partial charge in [-0.15, -0.1) is 11.8 Å². The van der Waals surface area contributed by atoms with Gasteiger partial charge in [0.15, 0.2) is 4.87 Å². The van der Waals surface area contributed by atoms with Gasteiger partial charge in [0.25, 0.3) is 5.91 Å². The van der Waals surface area contributed by atoms with Crippen LogP contribution in [0.15, 0.2) is 48.5 Å². The van der Waals surface area contributed by atoms with E-state index >= 15 is 0 Å². The lowest BCUT2D eigenvalue weighted by atomic mass is 10.1. The lowest BCUT2D eigenvalue weighted by Gasteiger charge is -2.33. The van der Waals surface area contributed by atoms with Crippen molar-refractivity contribution < 1.29 is 14.3 Å². The molecule has 2 amide bonds. The van der Waals surface area contributed by atoms with Gasteiger partial charge in [0.1, 0.15) is 5.75 Å². The van der Waals surface area contributed by atoms with Crippen LogP contribution in [-0.4, -0.2) is 36.1 Å². The van der Waals surface area contributed by atoms with Gasteiger partial charge in [-0.2, -0.15) is 0 Å². The normalized spacial score (nSPS) is 23.4. The highest BCUT2D eigenvalue weighted by molar-refractivity contribution is 8.01. The molecular formula is C22H22N2O3S. The molecule has 6 heteroatoms. The highest BCUT2D eigenvalue weighted by Crippen LogP contribution is 2.55. The molecule has 1 atom stereocenters. The fraction of sp³-hybridized carbons (Fsp3) is 0.364. The summed E-state index contributed by atoms with van der Waals surface area (Å²) < 4.78 is 5.33. The van der Waals surface area contributed by atoms with Crippen molar-refractivity contribution in [2.75, 3.05) is 24.3 Å². The third-order valence-electron chi connectivity index (χ3n) is 5.77. The summed E-state index contributed by atoms with van der Waals surface area (Å²) in [5.74, 6) is 1.78. The van der Waals surface area contributed by atoms with E-state index < -0.39 is 4.87 Å². The van der Waals surface area contributed by atoms with E-state index in [-0.39, 0.29) is 17.7 Å². The number of rotatable bonds is 4. The van der Waals surface area contributed by atoms with Gasteiger partial charge in [0, 0.05) is 23.8 Å². The molecule has 5 nitrogen and oxygen atoms in total. The van der Waals surface area contributed by atoms with Crippen LogP contribution in [0, 0.1) is 5.92 Å². The van der Waals surface area contributed by atoms with Gasteiger partial charge < -0.3 is 14.5 Å². The van der Waals surface area contributed by atoms with Crippen molar-refractivity contribution in [1.82, 2.24) is 4.90 Å². The van der Waals surface area contributed by atoms with Crippen molar-refractivity contribution in [1.29, 1.82) is 0 Å². The summed E-state index contributed by atoms with van der Waals surface area (Å²) >= 11 is 1.60. The first kappa shape index (κ1) is 17.6. The number of ether oxygens (including phenoxy) is 1. The second-order valence-corrected chi connectivity index (χ2v) is 8.80. The molecule has 1 saturated heterocycles. The lowest BCUT2D eigenvalue weighted by molar-refractivity contribution is -0.141. The first-order chi connectivity index (χ1) is 13.6. The number of fused-ring (bicyclic) bond motifs is 2. The SMILES string of the molecule is COc1cccc(CN2C(=O)[C@@]3(SCCN3C(=O)C3CC3)c3ccccc32)c1. The zero-order valence-electron chi connectivity index (χ0n) is 15.8. The highest BCUT2D eigenvalue weighted by Gasteiger charge is 2.60.